The lowest BCUT2D eigenvalue weighted by atomic mass is 9.85. The molecule has 3 rings (SSSR count). The molecule has 5 nitrogen and oxygen atoms in total. The molecule has 0 saturated carbocycles. The summed E-state index contributed by atoms with van der Waals surface area (Å²) in [5.41, 5.74) is -1.15. The Morgan fingerprint density at radius 2 is 1.91 bits per heavy atom. The third-order valence-corrected chi connectivity index (χ3v) is 5.39. The number of esters is 1. The summed E-state index contributed by atoms with van der Waals surface area (Å²) in [4.78, 5) is 25.2. The molecule has 0 radical (unpaired) electrons. The normalized spacial score (nSPS) is 18.6. The standard InChI is InChI=1S/C24H23F4NO4/c1-3-33-23(31)21(14-5-4-6-18(12-14)32-2)15-7-9-17(11-15)29-22(30)19-13-16(24(26,27)28)8-10-20(19)25/h4-10,12-13,15,17,21H,3,11H2,1-2H3,(H,29,30)/t15-,17-,21+/m0/s1. The Hall–Kier alpha value is -3.36. The molecule has 3 atom stereocenters. The van der Waals surface area contributed by atoms with E-state index >= 15 is 0 Å². The van der Waals surface area contributed by atoms with Gasteiger partial charge in [-0.3, -0.25) is 9.59 Å². The molecule has 2 aromatic carbocycles. The number of carbonyl (C=O) groups excluding carboxylic acids is 2. The number of ether oxygens (including phenoxy) is 2. The zero-order valence-corrected chi connectivity index (χ0v) is 18.0. The van der Waals surface area contributed by atoms with E-state index in [4.69, 9.17) is 9.47 Å². The van der Waals surface area contributed by atoms with Crippen LogP contribution in [0.4, 0.5) is 17.6 Å². The first kappa shape index (κ1) is 24.3. The Bertz CT molecular complexity index is 1050. The number of hydrogen-bond donors (Lipinski definition) is 1. The number of nitrogens with one attached hydrogen (secondary N) is 1. The van der Waals surface area contributed by atoms with E-state index < -0.39 is 47.0 Å². The molecule has 1 aliphatic rings. The van der Waals surface area contributed by atoms with Crippen LogP contribution in [-0.2, 0) is 15.7 Å². The van der Waals surface area contributed by atoms with Crippen LogP contribution in [0.2, 0.25) is 0 Å². The molecule has 0 fully saturated rings. The van der Waals surface area contributed by atoms with E-state index in [0.29, 0.717) is 29.5 Å². The van der Waals surface area contributed by atoms with Crippen molar-refractivity contribution in [1.29, 1.82) is 0 Å². The third-order valence-electron chi connectivity index (χ3n) is 5.39. The number of carbonyl (C=O) groups is 2. The van der Waals surface area contributed by atoms with Crippen molar-refractivity contribution >= 4 is 11.9 Å². The van der Waals surface area contributed by atoms with Crippen LogP contribution in [0.1, 0.15) is 40.7 Å². The average molecular weight is 465 g/mol. The van der Waals surface area contributed by atoms with Crippen molar-refractivity contribution in [3.63, 3.8) is 0 Å². The van der Waals surface area contributed by atoms with E-state index in [9.17, 15) is 27.2 Å². The number of amides is 1. The Balaban J connectivity index is 1.77. The van der Waals surface area contributed by atoms with Crippen molar-refractivity contribution in [3.05, 3.63) is 77.1 Å². The van der Waals surface area contributed by atoms with Crippen molar-refractivity contribution in [3.8, 4) is 5.75 Å². The van der Waals surface area contributed by atoms with Gasteiger partial charge < -0.3 is 14.8 Å². The predicted octanol–water partition coefficient (Wildman–Crippen LogP) is 4.87. The zero-order chi connectivity index (χ0) is 24.2. The average Bonchev–Trinajstić information content (AvgIpc) is 3.21. The lowest BCUT2D eigenvalue weighted by molar-refractivity contribution is -0.146. The summed E-state index contributed by atoms with van der Waals surface area (Å²) in [5.74, 6) is -2.94. The highest BCUT2D eigenvalue weighted by molar-refractivity contribution is 5.95. The van der Waals surface area contributed by atoms with Gasteiger partial charge in [-0.1, -0.05) is 24.3 Å². The molecule has 176 valence electrons. The van der Waals surface area contributed by atoms with Crippen LogP contribution < -0.4 is 10.1 Å². The molecule has 0 bridgehead atoms. The Labute approximate surface area is 188 Å². The summed E-state index contributed by atoms with van der Waals surface area (Å²) in [6.07, 6.45) is -1.04. The molecule has 2 aromatic rings. The monoisotopic (exact) mass is 465 g/mol. The van der Waals surface area contributed by atoms with Crippen LogP contribution in [0.5, 0.6) is 5.75 Å². The Kier molecular flexibility index (Phi) is 7.40. The molecule has 1 amide bonds. The highest BCUT2D eigenvalue weighted by Gasteiger charge is 2.35. The second-order valence-electron chi connectivity index (χ2n) is 7.56. The third kappa shape index (κ3) is 5.71. The number of hydrogen-bond acceptors (Lipinski definition) is 4. The summed E-state index contributed by atoms with van der Waals surface area (Å²) < 4.78 is 63.3. The summed E-state index contributed by atoms with van der Waals surface area (Å²) in [7, 11) is 1.51. The van der Waals surface area contributed by atoms with Crippen LogP contribution in [0, 0.1) is 11.7 Å². The fraction of sp³-hybridized carbons (Fsp3) is 0.333. The number of halogens is 4. The molecule has 33 heavy (non-hydrogen) atoms. The Morgan fingerprint density at radius 3 is 2.58 bits per heavy atom. The molecule has 0 aromatic heterocycles. The molecular formula is C24H23F4NO4. The molecule has 1 aliphatic carbocycles. The molecule has 0 heterocycles. The molecular weight excluding hydrogens is 442 g/mol. The SMILES string of the molecule is CCOC(=O)[C@H](c1cccc(OC)c1)[C@H]1C=C[C@H](NC(=O)c2cc(C(F)(F)F)ccc2F)C1. The maximum atomic E-state index is 14.1. The van der Waals surface area contributed by atoms with Gasteiger partial charge in [0.2, 0.25) is 0 Å². The first-order chi connectivity index (χ1) is 15.6. The first-order valence-corrected chi connectivity index (χ1v) is 10.3. The van der Waals surface area contributed by atoms with Crippen LogP contribution in [0.15, 0.2) is 54.6 Å². The highest BCUT2D eigenvalue weighted by atomic mass is 19.4. The lowest BCUT2D eigenvalue weighted by Crippen LogP contribution is -2.34. The molecule has 0 unspecified atom stereocenters. The van der Waals surface area contributed by atoms with Crippen molar-refractivity contribution in [2.45, 2.75) is 31.5 Å². The Morgan fingerprint density at radius 1 is 1.15 bits per heavy atom. The van der Waals surface area contributed by atoms with Gasteiger partial charge in [0.1, 0.15) is 11.6 Å². The van der Waals surface area contributed by atoms with E-state index in [-0.39, 0.29) is 18.9 Å². The van der Waals surface area contributed by atoms with Crippen LogP contribution in [0.3, 0.4) is 0 Å². The van der Waals surface area contributed by atoms with Gasteiger partial charge in [-0.15, -0.1) is 0 Å². The zero-order valence-electron chi connectivity index (χ0n) is 18.0. The van der Waals surface area contributed by atoms with Gasteiger partial charge in [-0.2, -0.15) is 13.2 Å². The van der Waals surface area contributed by atoms with Gasteiger partial charge in [0.15, 0.2) is 0 Å². The second-order valence-corrected chi connectivity index (χ2v) is 7.56. The fourth-order valence-electron chi connectivity index (χ4n) is 3.83. The minimum Gasteiger partial charge on any atom is -0.497 e. The smallest absolute Gasteiger partial charge is 0.416 e. The van der Waals surface area contributed by atoms with Gasteiger partial charge in [0, 0.05) is 6.04 Å². The quantitative estimate of drug-likeness (QED) is 0.360. The van der Waals surface area contributed by atoms with E-state index in [1.165, 1.54) is 7.11 Å². The summed E-state index contributed by atoms with van der Waals surface area (Å²) in [6.45, 7) is 1.88. The number of benzene rings is 2. The summed E-state index contributed by atoms with van der Waals surface area (Å²) in [6, 6.07) is 8.05. The number of rotatable bonds is 7. The van der Waals surface area contributed by atoms with E-state index in [0.717, 1.165) is 0 Å². The van der Waals surface area contributed by atoms with Gasteiger partial charge in [0.05, 0.1) is 30.8 Å². The van der Waals surface area contributed by atoms with Crippen LogP contribution in [-0.4, -0.2) is 31.6 Å². The van der Waals surface area contributed by atoms with Crippen molar-refractivity contribution in [2.24, 2.45) is 5.92 Å². The predicted molar refractivity (Wildman–Crippen MR) is 112 cm³/mol. The van der Waals surface area contributed by atoms with Crippen molar-refractivity contribution in [1.82, 2.24) is 5.32 Å². The number of methoxy groups -OCH3 is 1. The van der Waals surface area contributed by atoms with Crippen LogP contribution in [0.25, 0.3) is 0 Å². The fourth-order valence-corrected chi connectivity index (χ4v) is 3.83. The topological polar surface area (TPSA) is 64.6 Å². The minimum absolute atomic E-state index is 0.185. The summed E-state index contributed by atoms with van der Waals surface area (Å²) in [5, 5.41) is 2.53. The number of allylic oxidation sites excluding steroid dienone is 1. The lowest BCUT2D eigenvalue weighted by Gasteiger charge is -2.23. The van der Waals surface area contributed by atoms with Gasteiger partial charge >= 0.3 is 12.1 Å². The van der Waals surface area contributed by atoms with Crippen LogP contribution >= 0.6 is 0 Å². The van der Waals surface area contributed by atoms with E-state index in [2.05, 4.69) is 5.32 Å². The van der Waals surface area contributed by atoms with Crippen molar-refractivity contribution < 1.29 is 36.6 Å². The minimum atomic E-state index is -4.70. The highest BCUT2D eigenvalue weighted by Crippen LogP contribution is 2.36. The molecule has 1 N–H and O–H groups in total. The molecule has 9 heteroatoms. The largest absolute Gasteiger partial charge is 0.497 e. The number of alkyl halides is 3. The van der Waals surface area contributed by atoms with E-state index in [1.807, 2.05) is 0 Å². The van der Waals surface area contributed by atoms with Crippen molar-refractivity contribution in [2.75, 3.05) is 13.7 Å². The van der Waals surface area contributed by atoms with Gasteiger partial charge in [-0.05, 0) is 55.2 Å². The molecule has 0 aliphatic heterocycles. The maximum absolute atomic E-state index is 14.1. The maximum Gasteiger partial charge on any atom is 0.416 e. The van der Waals surface area contributed by atoms with Gasteiger partial charge in [0.25, 0.3) is 5.91 Å². The second kappa shape index (κ2) is 10.1. The molecule has 0 spiro atoms. The first-order valence-electron chi connectivity index (χ1n) is 10.3. The van der Waals surface area contributed by atoms with Gasteiger partial charge in [-0.25, -0.2) is 4.39 Å². The van der Waals surface area contributed by atoms with E-state index in [1.54, 1.807) is 43.3 Å². The molecule has 0 saturated heterocycles. The summed E-state index contributed by atoms with van der Waals surface area (Å²) >= 11 is 0.